The van der Waals surface area contributed by atoms with Crippen LogP contribution in [0, 0.1) is 0 Å². The fourth-order valence-electron chi connectivity index (χ4n) is 3.24. The summed E-state index contributed by atoms with van der Waals surface area (Å²) in [6, 6.07) is 13.6. The van der Waals surface area contributed by atoms with Crippen molar-refractivity contribution in [3.05, 3.63) is 89.8 Å². The van der Waals surface area contributed by atoms with Gasteiger partial charge in [-0.05, 0) is 60.8 Å². The summed E-state index contributed by atoms with van der Waals surface area (Å²) in [5, 5.41) is 3.09. The number of hydrogen-bond donors (Lipinski definition) is 3. The van der Waals surface area contributed by atoms with E-state index < -0.39 is 17.8 Å². The molecule has 2 aromatic rings. The Labute approximate surface area is 213 Å². The van der Waals surface area contributed by atoms with E-state index in [1.807, 2.05) is 0 Å². The molecule has 1 heterocycles. The monoisotopic (exact) mass is 508 g/mol. The van der Waals surface area contributed by atoms with Crippen LogP contribution in [-0.4, -0.2) is 44.3 Å². The molecule has 0 aliphatic carbocycles. The van der Waals surface area contributed by atoms with Gasteiger partial charge in [-0.3, -0.25) is 15.6 Å². The first-order valence-electron chi connectivity index (χ1n) is 10.5. The number of thiocarbonyl (C=S) groups is 1. The molecule has 3 N–H and O–H groups in total. The first kappa shape index (κ1) is 26.0. The molecule has 1 amide bonds. The number of hydrazine groups is 1. The Balaban J connectivity index is 1.84. The fraction of sp³-hybridized carbons (Fsp3) is 0.120. The number of methoxy groups -OCH3 is 3. The summed E-state index contributed by atoms with van der Waals surface area (Å²) in [5.41, 5.74) is 6.22. The zero-order valence-corrected chi connectivity index (χ0v) is 20.5. The molecule has 2 aromatic carbocycles. The molecule has 0 saturated carbocycles. The Kier molecular flexibility index (Phi) is 8.79. The van der Waals surface area contributed by atoms with Gasteiger partial charge >= 0.3 is 11.9 Å². The lowest BCUT2D eigenvalue weighted by molar-refractivity contribution is -0.139. The third-order valence-corrected chi connectivity index (χ3v) is 5.14. The highest BCUT2D eigenvalue weighted by Gasteiger charge is 2.29. The summed E-state index contributed by atoms with van der Waals surface area (Å²) < 4.78 is 14.9. The van der Waals surface area contributed by atoms with Gasteiger partial charge in [0.05, 0.1) is 38.2 Å². The van der Waals surface area contributed by atoms with Crippen molar-refractivity contribution < 1.29 is 28.6 Å². The highest BCUT2D eigenvalue weighted by Crippen LogP contribution is 2.29. The molecule has 0 radical (unpaired) electrons. The predicted molar refractivity (Wildman–Crippen MR) is 138 cm³/mol. The van der Waals surface area contributed by atoms with Crippen LogP contribution in [0.5, 0.6) is 5.75 Å². The van der Waals surface area contributed by atoms with Crippen LogP contribution in [0.25, 0.3) is 0 Å². The van der Waals surface area contributed by atoms with E-state index in [2.05, 4.69) is 16.2 Å². The normalized spacial score (nSPS) is 12.4. The number of allylic oxidation sites excluding steroid dienone is 2. The minimum atomic E-state index is -0.787. The fourth-order valence-corrected chi connectivity index (χ4v) is 3.41. The molecule has 0 fully saturated rings. The average Bonchev–Trinajstić information content (AvgIpc) is 3.14. The molecule has 11 heteroatoms. The SMILES string of the molecule is COC(=O)C1=C(C(=O)OC)N(c2ccccc2C(=O)NNC(=S)Nc2ccc(OC)cc2)C=CC=C1. The van der Waals surface area contributed by atoms with E-state index in [0.717, 1.165) is 0 Å². The topological polar surface area (TPSA) is 118 Å². The molecule has 3 rings (SSSR count). The van der Waals surface area contributed by atoms with E-state index >= 15 is 0 Å². The van der Waals surface area contributed by atoms with E-state index in [9.17, 15) is 14.4 Å². The minimum Gasteiger partial charge on any atom is -0.497 e. The van der Waals surface area contributed by atoms with E-state index in [4.69, 9.17) is 26.4 Å². The number of rotatable bonds is 6. The van der Waals surface area contributed by atoms with E-state index in [1.54, 1.807) is 67.8 Å². The van der Waals surface area contributed by atoms with Crippen LogP contribution in [0.4, 0.5) is 11.4 Å². The number of carbonyl (C=O) groups is 3. The maximum absolute atomic E-state index is 13.1. The largest absolute Gasteiger partial charge is 0.497 e. The van der Waals surface area contributed by atoms with Crippen molar-refractivity contribution in [2.45, 2.75) is 0 Å². The van der Waals surface area contributed by atoms with Gasteiger partial charge in [0, 0.05) is 11.9 Å². The summed E-state index contributed by atoms with van der Waals surface area (Å²) >= 11 is 5.25. The number of nitrogens with zero attached hydrogens (tertiary/aromatic N) is 1. The summed E-state index contributed by atoms with van der Waals surface area (Å²) in [6.07, 6.45) is 6.15. The summed E-state index contributed by atoms with van der Waals surface area (Å²) in [5.74, 6) is -1.37. The van der Waals surface area contributed by atoms with Crippen LogP contribution in [0.3, 0.4) is 0 Å². The first-order valence-corrected chi connectivity index (χ1v) is 11.0. The molecule has 186 valence electrons. The molecule has 1 aliphatic heterocycles. The predicted octanol–water partition coefficient (Wildman–Crippen LogP) is 2.82. The zero-order chi connectivity index (χ0) is 26.1. The van der Waals surface area contributed by atoms with Gasteiger partial charge in [0.2, 0.25) is 0 Å². The molecule has 0 aromatic heterocycles. The number of hydrogen-bond acceptors (Lipinski definition) is 8. The standard InChI is InChI=1S/C25H24N4O6S/c1-33-17-13-11-16(12-14-17)26-25(36)28-27-22(30)18-8-4-5-10-20(18)29-15-7-6-9-19(23(31)34-2)21(29)24(32)35-3/h4-15H,1-3H3,(H,27,30)(H2,26,28,36). The van der Waals surface area contributed by atoms with Crippen molar-refractivity contribution in [2.24, 2.45) is 0 Å². The molecular weight excluding hydrogens is 484 g/mol. The van der Waals surface area contributed by atoms with Crippen LogP contribution in [0.1, 0.15) is 10.4 Å². The Hall–Kier alpha value is -4.64. The van der Waals surface area contributed by atoms with Crippen molar-refractivity contribution in [1.29, 1.82) is 0 Å². The molecule has 0 spiro atoms. The van der Waals surface area contributed by atoms with Crippen molar-refractivity contribution in [3.63, 3.8) is 0 Å². The smallest absolute Gasteiger partial charge is 0.355 e. The third kappa shape index (κ3) is 6.07. The van der Waals surface area contributed by atoms with Gasteiger partial charge in [-0.15, -0.1) is 0 Å². The first-order chi connectivity index (χ1) is 17.4. The number of nitrogens with one attached hydrogen (secondary N) is 3. The number of esters is 2. The molecule has 10 nitrogen and oxygen atoms in total. The molecule has 1 aliphatic rings. The van der Waals surface area contributed by atoms with Gasteiger partial charge in [-0.1, -0.05) is 18.2 Å². The number of carbonyl (C=O) groups excluding carboxylic acids is 3. The van der Waals surface area contributed by atoms with Gasteiger partial charge in [0.1, 0.15) is 11.4 Å². The maximum atomic E-state index is 13.1. The van der Waals surface area contributed by atoms with Gasteiger partial charge in [0.15, 0.2) is 5.11 Å². The average molecular weight is 509 g/mol. The van der Waals surface area contributed by atoms with Gasteiger partial charge in [-0.25, -0.2) is 9.59 Å². The van der Waals surface area contributed by atoms with Gasteiger partial charge in [0.25, 0.3) is 5.91 Å². The van der Waals surface area contributed by atoms with Crippen LogP contribution < -0.4 is 25.8 Å². The molecule has 0 unspecified atom stereocenters. The summed E-state index contributed by atoms with van der Waals surface area (Å²) in [6.45, 7) is 0. The number of ether oxygens (including phenoxy) is 3. The Bertz CT molecular complexity index is 1250. The van der Waals surface area contributed by atoms with E-state index in [0.29, 0.717) is 17.1 Å². The molecule has 36 heavy (non-hydrogen) atoms. The van der Waals surface area contributed by atoms with Crippen LogP contribution in [0.2, 0.25) is 0 Å². The number of benzene rings is 2. The number of para-hydroxylation sites is 1. The lowest BCUT2D eigenvalue weighted by Crippen LogP contribution is -2.44. The summed E-state index contributed by atoms with van der Waals surface area (Å²) in [7, 11) is 3.97. The lowest BCUT2D eigenvalue weighted by atomic mass is 10.1. The van der Waals surface area contributed by atoms with Gasteiger partial charge in [-0.2, -0.15) is 0 Å². The van der Waals surface area contributed by atoms with Crippen LogP contribution in [-0.2, 0) is 19.1 Å². The second-order valence-corrected chi connectivity index (χ2v) is 7.50. The van der Waals surface area contributed by atoms with E-state index in [-0.39, 0.29) is 21.9 Å². The van der Waals surface area contributed by atoms with Gasteiger partial charge < -0.3 is 24.4 Å². The van der Waals surface area contributed by atoms with E-state index in [1.165, 1.54) is 31.4 Å². The van der Waals surface area contributed by atoms with Crippen molar-refractivity contribution >= 4 is 46.6 Å². The molecule has 0 saturated heterocycles. The third-order valence-electron chi connectivity index (χ3n) is 4.93. The van der Waals surface area contributed by atoms with Crippen molar-refractivity contribution in [1.82, 2.24) is 10.9 Å². The molecule has 0 atom stereocenters. The number of amides is 1. The zero-order valence-electron chi connectivity index (χ0n) is 19.7. The Morgan fingerprint density at radius 3 is 2.22 bits per heavy atom. The van der Waals surface area contributed by atoms with Crippen LogP contribution >= 0.6 is 12.2 Å². The van der Waals surface area contributed by atoms with Crippen LogP contribution in [0.15, 0.2) is 84.2 Å². The lowest BCUT2D eigenvalue weighted by Gasteiger charge is -2.25. The highest BCUT2D eigenvalue weighted by molar-refractivity contribution is 7.80. The molecular formula is C25H24N4O6S. The molecule has 0 bridgehead atoms. The Morgan fingerprint density at radius 1 is 0.861 bits per heavy atom. The summed E-state index contributed by atoms with van der Waals surface area (Å²) in [4.78, 5) is 39.6. The van der Waals surface area contributed by atoms with Crippen molar-refractivity contribution in [3.8, 4) is 5.75 Å². The maximum Gasteiger partial charge on any atom is 0.355 e. The minimum absolute atomic E-state index is 0.0347. The quantitative estimate of drug-likeness (QED) is 0.305. The highest BCUT2D eigenvalue weighted by atomic mass is 32.1. The second kappa shape index (κ2) is 12.2. The van der Waals surface area contributed by atoms with Crippen molar-refractivity contribution in [2.75, 3.05) is 31.5 Å². The second-order valence-electron chi connectivity index (χ2n) is 7.09. The number of anilines is 2. The Morgan fingerprint density at radius 2 is 1.56 bits per heavy atom.